The summed E-state index contributed by atoms with van der Waals surface area (Å²) in [5, 5.41) is 3.73. The van der Waals surface area contributed by atoms with Crippen LogP contribution in [-0.2, 0) is 19.4 Å². The van der Waals surface area contributed by atoms with Gasteiger partial charge in [0.2, 0.25) is 11.7 Å². The van der Waals surface area contributed by atoms with E-state index in [9.17, 15) is 4.39 Å². The quantitative estimate of drug-likeness (QED) is 0.862. The third kappa shape index (κ3) is 3.51. The standard InChI is InChI=1S/C13H16FN3O2/c1-2-13-16-12(17-19-13)8-18-11-4-3-9(5-6-15)7-10(11)14/h3-4,7H,2,5-6,8,15H2,1H3. The van der Waals surface area contributed by atoms with Crippen LogP contribution in [0.3, 0.4) is 0 Å². The van der Waals surface area contributed by atoms with Gasteiger partial charge in [-0.3, -0.25) is 0 Å². The average Bonchev–Trinajstić information content (AvgIpc) is 2.86. The molecule has 0 bridgehead atoms. The van der Waals surface area contributed by atoms with Gasteiger partial charge in [0.1, 0.15) is 0 Å². The van der Waals surface area contributed by atoms with Gasteiger partial charge in [-0.15, -0.1) is 0 Å². The molecule has 0 spiro atoms. The second-order valence-electron chi connectivity index (χ2n) is 4.05. The summed E-state index contributed by atoms with van der Waals surface area (Å²) in [4.78, 5) is 4.08. The number of hydrogen-bond donors (Lipinski definition) is 1. The molecule has 2 aromatic rings. The molecule has 19 heavy (non-hydrogen) atoms. The maximum atomic E-state index is 13.7. The zero-order valence-corrected chi connectivity index (χ0v) is 10.7. The molecule has 2 rings (SSSR count). The summed E-state index contributed by atoms with van der Waals surface area (Å²) >= 11 is 0. The number of ether oxygens (including phenoxy) is 1. The molecule has 5 nitrogen and oxygen atoms in total. The minimum Gasteiger partial charge on any atom is -0.482 e. The third-order valence-corrected chi connectivity index (χ3v) is 2.60. The van der Waals surface area contributed by atoms with E-state index in [1.807, 2.05) is 6.92 Å². The van der Waals surface area contributed by atoms with Gasteiger partial charge in [-0.2, -0.15) is 4.98 Å². The van der Waals surface area contributed by atoms with E-state index in [4.69, 9.17) is 15.0 Å². The van der Waals surface area contributed by atoms with E-state index in [2.05, 4.69) is 10.1 Å². The Bertz CT molecular complexity index is 542. The lowest BCUT2D eigenvalue weighted by Gasteiger charge is -2.06. The lowest BCUT2D eigenvalue weighted by molar-refractivity contribution is 0.272. The van der Waals surface area contributed by atoms with Crippen molar-refractivity contribution in [2.24, 2.45) is 5.73 Å². The third-order valence-electron chi connectivity index (χ3n) is 2.60. The number of aromatic nitrogens is 2. The molecule has 0 saturated heterocycles. The largest absolute Gasteiger partial charge is 0.482 e. The highest BCUT2D eigenvalue weighted by Gasteiger charge is 2.08. The Labute approximate surface area is 110 Å². The molecule has 1 aromatic heterocycles. The molecule has 0 amide bonds. The van der Waals surface area contributed by atoms with Gasteiger partial charge in [0, 0.05) is 6.42 Å². The fraction of sp³-hybridized carbons (Fsp3) is 0.385. The molecular weight excluding hydrogens is 249 g/mol. The van der Waals surface area contributed by atoms with Crippen LogP contribution in [0.1, 0.15) is 24.2 Å². The van der Waals surface area contributed by atoms with Crippen LogP contribution in [0.25, 0.3) is 0 Å². The van der Waals surface area contributed by atoms with Gasteiger partial charge >= 0.3 is 0 Å². The molecule has 0 aliphatic heterocycles. The smallest absolute Gasteiger partial charge is 0.226 e. The van der Waals surface area contributed by atoms with E-state index in [0.717, 1.165) is 5.56 Å². The minimum absolute atomic E-state index is 0.0800. The summed E-state index contributed by atoms with van der Waals surface area (Å²) in [6.45, 7) is 2.48. The monoisotopic (exact) mass is 265 g/mol. The highest BCUT2D eigenvalue weighted by molar-refractivity contribution is 5.29. The fourth-order valence-corrected chi connectivity index (χ4v) is 1.62. The molecule has 6 heteroatoms. The van der Waals surface area contributed by atoms with Crippen LogP contribution in [0.5, 0.6) is 5.75 Å². The number of hydrogen-bond acceptors (Lipinski definition) is 5. The first-order chi connectivity index (χ1) is 9.22. The number of rotatable bonds is 6. The normalized spacial score (nSPS) is 10.7. The van der Waals surface area contributed by atoms with Crippen molar-refractivity contribution >= 4 is 0 Å². The van der Waals surface area contributed by atoms with E-state index in [0.29, 0.717) is 31.1 Å². The first kappa shape index (κ1) is 13.5. The Hall–Kier alpha value is -1.95. The van der Waals surface area contributed by atoms with E-state index >= 15 is 0 Å². The highest BCUT2D eigenvalue weighted by atomic mass is 19.1. The number of aryl methyl sites for hydroxylation is 1. The molecule has 102 valence electrons. The summed E-state index contributed by atoms with van der Waals surface area (Å²) in [7, 11) is 0. The van der Waals surface area contributed by atoms with Crippen LogP contribution in [0.2, 0.25) is 0 Å². The van der Waals surface area contributed by atoms with Gasteiger partial charge < -0.3 is 15.0 Å². The fourth-order valence-electron chi connectivity index (χ4n) is 1.62. The Morgan fingerprint density at radius 1 is 1.42 bits per heavy atom. The molecule has 1 aromatic carbocycles. The van der Waals surface area contributed by atoms with E-state index in [1.165, 1.54) is 6.07 Å². The van der Waals surface area contributed by atoms with Crippen molar-refractivity contribution in [1.29, 1.82) is 0 Å². The zero-order chi connectivity index (χ0) is 13.7. The zero-order valence-electron chi connectivity index (χ0n) is 10.7. The number of halogens is 1. The molecule has 0 radical (unpaired) electrons. The number of nitrogens with two attached hydrogens (primary N) is 1. The SMILES string of the molecule is CCc1nc(COc2ccc(CCN)cc2F)no1. The average molecular weight is 265 g/mol. The van der Waals surface area contributed by atoms with Crippen molar-refractivity contribution in [3.05, 3.63) is 41.3 Å². The summed E-state index contributed by atoms with van der Waals surface area (Å²) in [6.07, 6.45) is 1.30. The molecular formula is C13H16FN3O2. The van der Waals surface area contributed by atoms with Gasteiger partial charge in [0.05, 0.1) is 0 Å². The van der Waals surface area contributed by atoms with Crippen LogP contribution < -0.4 is 10.5 Å². The van der Waals surface area contributed by atoms with Crippen molar-refractivity contribution in [3.63, 3.8) is 0 Å². The van der Waals surface area contributed by atoms with E-state index in [-0.39, 0.29) is 12.4 Å². The van der Waals surface area contributed by atoms with Crippen LogP contribution in [0.4, 0.5) is 4.39 Å². The number of benzene rings is 1. The lowest BCUT2D eigenvalue weighted by Crippen LogP contribution is -2.04. The van der Waals surface area contributed by atoms with Crippen molar-refractivity contribution in [3.8, 4) is 5.75 Å². The van der Waals surface area contributed by atoms with Gasteiger partial charge in [0.25, 0.3) is 0 Å². The van der Waals surface area contributed by atoms with E-state index in [1.54, 1.807) is 12.1 Å². The van der Waals surface area contributed by atoms with Gasteiger partial charge in [0.15, 0.2) is 18.2 Å². The second kappa shape index (κ2) is 6.29. The second-order valence-corrected chi connectivity index (χ2v) is 4.05. The first-order valence-corrected chi connectivity index (χ1v) is 6.15. The van der Waals surface area contributed by atoms with Crippen LogP contribution in [-0.4, -0.2) is 16.7 Å². The van der Waals surface area contributed by atoms with Crippen molar-refractivity contribution in [2.45, 2.75) is 26.4 Å². The maximum absolute atomic E-state index is 13.7. The Kier molecular flexibility index (Phi) is 4.46. The summed E-state index contributed by atoms with van der Waals surface area (Å²) in [5.74, 6) is 0.702. The van der Waals surface area contributed by atoms with Gasteiger partial charge in [-0.1, -0.05) is 18.1 Å². The molecule has 0 fully saturated rings. The Morgan fingerprint density at radius 2 is 2.26 bits per heavy atom. The summed E-state index contributed by atoms with van der Waals surface area (Å²) < 4.78 is 24.0. The molecule has 0 atom stereocenters. The van der Waals surface area contributed by atoms with Crippen LogP contribution >= 0.6 is 0 Å². The summed E-state index contributed by atoms with van der Waals surface area (Å²) in [5.41, 5.74) is 6.27. The molecule has 2 N–H and O–H groups in total. The van der Waals surface area contributed by atoms with Crippen molar-refractivity contribution < 1.29 is 13.7 Å². The van der Waals surface area contributed by atoms with Crippen molar-refractivity contribution in [1.82, 2.24) is 10.1 Å². The molecule has 0 saturated carbocycles. The Morgan fingerprint density at radius 3 is 2.89 bits per heavy atom. The predicted octanol–water partition coefficient (Wildman–Crippen LogP) is 1.85. The van der Waals surface area contributed by atoms with Gasteiger partial charge in [-0.25, -0.2) is 4.39 Å². The molecule has 0 aliphatic carbocycles. The van der Waals surface area contributed by atoms with E-state index < -0.39 is 5.82 Å². The predicted molar refractivity (Wildman–Crippen MR) is 67.2 cm³/mol. The minimum atomic E-state index is -0.412. The topological polar surface area (TPSA) is 74.2 Å². The Balaban J connectivity index is 1.99. The molecule has 0 aliphatic rings. The highest BCUT2D eigenvalue weighted by Crippen LogP contribution is 2.19. The van der Waals surface area contributed by atoms with Crippen LogP contribution in [0, 0.1) is 5.82 Å². The van der Waals surface area contributed by atoms with Crippen molar-refractivity contribution in [2.75, 3.05) is 6.54 Å². The summed E-state index contributed by atoms with van der Waals surface area (Å²) in [6, 6.07) is 4.80. The molecule has 1 heterocycles. The number of nitrogens with zero attached hydrogens (tertiary/aromatic N) is 2. The lowest BCUT2D eigenvalue weighted by atomic mass is 10.1. The maximum Gasteiger partial charge on any atom is 0.226 e. The molecule has 0 unspecified atom stereocenters. The first-order valence-electron chi connectivity index (χ1n) is 6.15. The van der Waals surface area contributed by atoms with Gasteiger partial charge in [-0.05, 0) is 30.7 Å². The van der Waals surface area contributed by atoms with Crippen LogP contribution in [0.15, 0.2) is 22.7 Å².